The third-order valence-corrected chi connectivity index (χ3v) is 11.4. The van der Waals surface area contributed by atoms with Gasteiger partial charge >= 0.3 is 0 Å². The van der Waals surface area contributed by atoms with Crippen molar-refractivity contribution >= 4 is 87.8 Å². The number of fused-ring (bicyclic) bond motifs is 5. The molecule has 8 aromatic carbocycles. The molecule has 3 heterocycles. The number of anilines is 6. The predicted octanol–water partition coefficient (Wildman–Crippen LogP) is 14.6. The number of para-hydroxylation sites is 6. The molecule has 0 saturated carbocycles. The Morgan fingerprint density at radius 3 is 1.14 bits per heavy atom. The van der Waals surface area contributed by atoms with Gasteiger partial charge in [-0.1, -0.05) is 72.8 Å². The first-order valence-corrected chi connectivity index (χ1v) is 19.6. The molecule has 270 valence electrons. The van der Waals surface area contributed by atoms with Gasteiger partial charge in [0.05, 0.1) is 0 Å². The maximum atomic E-state index is 6.11. The second-order valence-corrected chi connectivity index (χ2v) is 15.0. The average Bonchev–Trinajstić information content (AvgIpc) is 4.00. The number of rotatable bonds is 8. The Bertz CT molecular complexity index is 2970. The van der Waals surface area contributed by atoms with Crippen molar-refractivity contribution < 1.29 is 8.83 Å². The second kappa shape index (κ2) is 13.7. The Kier molecular flexibility index (Phi) is 7.89. The van der Waals surface area contributed by atoms with E-state index in [1.165, 1.54) is 20.2 Å². The van der Waals surface area contributed by atoms with Crippen LogP contribution in [0.2, 0.25) is 0 Å². The standard InChI is InChI=1S/C50H32N4O2S/c1-3-11-35(12-4-1)53(36-13-5-2-6-14-36)39-27-29-41-42-30-28-40(32-48(42)57-47(41)31-39)54(37-23-19-33(20-24-37)49-51-43-15-7-9-17-45(43)55-49)38-25-21-34(22-26-38)50-52-44-16-8-10-18-46(44)56-50/h1-32H. The van der Waals surface area contributed by atoms with Crippen molar-refractivity contribution in [2.75, 3.05) is 9.80 Å². The van der Waals surface area contributed by atoms with Gasteiger partial charge in [0.25, 0.3) is 0 Å². The Hall–Kier alpha value is -7.48. The Morgan fingerprint density at radius 1 is 0.351 bits per heavy atom. The molecule has 0 radical (unpaired) electrons. The van der Waals surface area contributed by atoms with E-state index < -0.39 is 0 Å². The van der Waals surface area contributed by atoms with Crippen LogP contribution in [0.25, 0.3) is 65.3 Å². The minimum atomic E-state index is 0.598. The summed E-state index contributed by atoms with van der Waals surface area (Å²) in [5.74, 6) is 1.20. The molecular formula is C50H32N4O2S. The van der Waals surface area contributed by atoms with Crippen LogP contribution in [0, 0.1) is 0 Å². The highest BCUT2D eigenvalue weighted by atomic mass is 32.1. The minimum absolute atomic E-state index is 0.598. The summed E-state index contributed by atoms with van der Waals surface area (Å²) in [5.41, 5.74) is 11.5. The molecule has 0 amide bonds. The van der Waals surface area contributed by atoms with E-state index in [2.05, 4.69) is 155 Å². The lowest BCUT2D eigenvalue weighted by Gasteiger charge is -2.26. The smallest absolute Gasteiger partial charge is 0.227 e. The van der Waals surface area contributed by atoms with Gasteiger partial charge in [0.15, 0.2) is 11.2 Å². The van der Waals surface area contributed by atoms with Gasteiger partial charge in [0, 0.05) is 65.4 Å². The third-order valence-electron chi connectivity index (χ3n) is 10.3. The lowest BCUT2D eigenvalue weighted by molar-refractivity contribution is 0.619. The van der Waals surface area contributed by atoms with Gasteiger partial charge in [-0.15, -0.1) is 11.3 Å². The van der Waals surface area contributed by atoms with E-state index in [9.17, 15) is 0 Å². The van der Waals surface area contributed by atoms with E-state index in [0.717, 1.165) is 67.5 Å². The maximum Gasteiger partial charge on any atom is 0.227 e. The molecule has 11 rings (SSSR count). The van der Waals surface area contributed by atoms with E-state index in [-0.39, 0.29) is 0 Å². The van der Waals surface area contributed by atoms with Crippen LogP contribution in [-0.4, -0.2) is 9.97 Å². The Balaban J connectivity index is 0.999. The third kappa shape index (κ3) is 5.98. The summed E-state index contributed by atoms with van der Waals surface area (Å²) in [5, 5.41) is 2.47. The SMILES string of the molecule is c1ccc(N(c2ccccc2)c2ccc3c(c2)sc2cc(N(c4ccc(-c5nc6ccccc6o5)cc4)c4ccc(-c5nc6ccccc6o5)cc4)ccc23)cc1. The summed E-state index contributed by atoms with van der Waals surface area (Å²) in [6.45, 7) is 0. The van der Waals surface area contributed by atoms with Crippen LogP contribution in [0.15, 0.2) is 203 Å². The number of thiophene rings is 1. The van der Waals surface area contributed by atoms with Crippen molar-refractivity contribution in [1.82, 2.24) is 9.97 Å². The number of benzene rings is 8. The van der Waals surface area contributed by atoms with Crippen molar-refractivity contribution in [3.63, 3.8) is 0 Å². The number of hydrogen-bond donors (Lipinski definition) is 0. The summed E-state index contributed by atoms with van der Waals surface area (Å²) < 4.78 is 14.7. The van der Waals surface area contributed by atoms with Gasteiger partial charge in [-0.25, -0.2) is 9.97 Å². The largest absolute Gasteiger partial charge is 0.436 e. The lowest BCUT2D eigenvalue weighted by atomic mass is 10.1. The molecule has 0 aliphatic carbocycles. The second-order valence-electron chi connectivity index (χ2n) is 13.9. The molecule has 0 bridgehead atoms. The highest BCUT2D eigenvalue weighted by molar-refractivity contribution is 7.25. The van der Waals surface area contributed by atoms with E-state index in [4.69, 9.17) is 18.8 Å². The van der Waals surface area contributed by atoms with Crippen molar-refractivity contribution in [2.24, 2.45) is 0 Å². The van der Waals surface area contributed by atoms with E-state index in [1.54, 1.807) is 0 Å². The first-order valence-electron chi connectivity index (χ1n) is 18.8. The zero-order valence-electron chi connectivity index (χ0n) is 30.5. The van der Waals surface area contributed by atoms with Crippen LogP contribution in [0.5, 0.6) is 0 Å². The molecule has 0 N–H and O–H groups in total. The van der Waals surface area contributed by atoms with E-state index in [0.29, 0.717) is 11.8 Å². The van der Waals surface area contributed by atoms with E-state index in [1.807, 2.05) is 59.9 Å². The van der Waals surface area contributed by atoms with Crippen LogP contribution in [0.1, 0.15) is 0 Å². The highest BCUT2D eigenvalue weighted by Gasteiger charge is 2.19. The molecule has 0 aliphatic heterocycles. The summed E-state index contributed by atoms with van der Waals surface area (Å²) in [6, 6.07) is 67.1. The van der Waals surface area contributed by atoms with Crippen LogP contribution in [0.4, 0.5) is 34.1 Å². The molecule has 11 aromatic rings. The molecule has 0 aliphatic rings. The number of aromatic nitrogens is 2. The Labute approximate surface area is 332 Å². The van der Waals surface area contributed by atoms with Crippen LogP contribution >= 0.6 is 11.3 Å². The predicted molar refractivity (Wildman–Crippen MR) is 235 cm³/mol. The van der Waals surface area contributed by atoms with Crippen LogP contribution in [-0.2, 0) is 0 Å². The normalized spacial score (nSPS) is 11.5. The molecule has 57 heavy (non-hydrogen) atoms. The number of hydrogen-bond acceptors (Lipinski definition) is 7. The van der Waals surface area contributed by atoms with Gasteiger partial charge in [-0.05, 0) is 121 Å². The van der Waals surface area contributed by atoms with Crippen LogP contribution < -0.4 is 9.80 Å². The quantitative estimate of drug-likeness (QED) is 0.154. The fourth-order valence-electron chi connectivity index (χ4n) is 7.58. The van der Waals surface area contributed by atoms with Gasteiger partial charge in [0.2, 0.25) is 11.8 Å². The Morgan fingerprint density at radius 2 is 0.719 bits per heavy atom. The van der Waals surface area contributed by atoms with Crippen molar-refractivity contribution in [3.8, 4) is 22.9 Å². The number of nitrogens with zero attached hydrogens (tertiary/aromatic N) is 4. The zero-order chi connectivity index (χ0) is 37.7. The van der Waals surface area contributed by atoms with Gasteiger partial charge in [-0.2, -0.15) is 0 Å². The van der Waals surface area contributed by atoms with Crippen LogP contribution in [0.3, 0.4) is 0 Å². The van der Waals surface area contributed by atoms with E-state index >= 15 is 0 Å². The molecule has 0 saturated heterocycles. The van der Waals surface area contributed by atoms with Crippen molar-refractivity contribution in [3.05, 3.63) is 194 Å². The first-order chi connectivity index (χ1) is 28.2. The monoisotopic (exact) mass is 752 g/mol. The first kappa shape index (κ1) is 32.9. The lowest BCUT2D eigenvalue weighted by Crippen LogP contribution is -2.09. The molecule has 6 nitrogen and oxygen atoms in total. The fourth-order valence-corrected chi connectivity index (χ4v) is 8.75. The minimum Gasteiger partial charge on any atom is -0.436 e. The number of oxazole rings is 2. The van der Waals surface area contributed by atoms with Gasteiger partial charge in [0.1, 0.15) is 11.0 Å². The average molecular weight is 753 g/mol. The van der Waals surface area contributed by atoms with Gasteiger partial charge in [-0.3, -0.25) is 0 Å². The van der Waals surface area contributed by atoms with Gasteiger partial charge < -0.3 is 18.6 Å². The topological polar surface area (TPSA) is 58.5 Å². The van der Waals surface area contributed by atoms with Crippen molar-refractivity contribution in [1.29, 1.82) is 0 Å². The zero-order valence-corrected chi connectivity index (χ0v) is 31.3. The summed E-state index contributed by atoms with van der Waals surface area (Å²) in [4.78, 5) is 14.1. The maximum absolute atomic E-state index is 6.11. The van der Waals surface area contributed by atoms with Crippen molar-refractivity contribution in [2.45, 2.75) is 0 Å². The summed E-state index contributed by atoms with van der Waals surface area (Å²) >= 11 is 1.81. The molecule has 0 atom stereocenters. The molecule has 0 unspecified atom stereocenters. The molecule has 7 heteroatoms. The molecular weight excluding hydrogens is 721 g/mol. The fraction of sp³-hybridized carbons (Fsp3) is 0. The summed E-state index contributed by atoms with van der Waals surface area (Å²) in [6.07, 6.45) is 0. The highest BCUT2D eigenvalue weighted by Crippen LogP contribution is 2.44. The molecule has 0 fully saturated rings. The molecule has 0 spiro atoms. The molecule has 3 aromatic heterocycles. The summed E-state index contributed by atoms with van der Waals surface area (Å²) in [7, 11) is 0.